The number of nitrogens with one attached hydrogen (secondary N) is 1. The van der Waals surface area contributed by atoms with Gasteiger partial charge in [-0.1, -0.05) is 12.1 Å². The number of carbonyl (C=O) groups excluding carboxylic acids is 1. The van der Waals surface area contributed by atoms with E-state index in [0.717, 1.165) is 0 Å². The van der Waals surface area contributed by atoms with Gasteiger partial charge in [-0.05, 0) is 37.8 Å². The molecule has 1 aromatic carbocycles. The van der Waals surface area contributed by atoms with E-state index >= 15 is 0 Å². The molecule has 8 nitrogen and oxygen atoms in total. The number of hydrogen-bond donors (Lipinski definition) is 2. The van der Waals surface area contributed by atoms with Crippen molar-refractivity contribution in [3.05, 3.63) is 29.8 Å². The van der Waals surface area contributed by atoms with E-state index in [0.29, 0.717) is 38.9 Å². The maximum Gasteiger partial charge on any atom is 0.306 e. The second-order valence-corrected chi connectivity index (χ2v) is 8.78. The molecule has 1 saturated carbocycles. The minimum atomic E-state index is -3.78. The predicted octanol–water partition coefficient (Wildman–Crippen LogP) is 1.08. The number of nitrogens with zero attached hydrogens (tertiary/aromatic N) is 1. The van der Waals surface area contributed by atoms with Crippen LogP contribution < -0.4 is 5.32 Å². The van der Waals surface area contributed by atoms with Crippen molar-refractivity contribution in [2.45, 2.75) is 36.6 Å². The van der Waals surface area contributed by atoms with Crippen molar-refractivity contribution in [1.29, 1.82) is 0 Å². The third-order valence-electron chi connectivity index (χ3n) is 5.13. The van der Waals surface area contributed by atoms with Gasteiger partial charge < -0.3 is 15.2 Å². The Morgan fingerprint density at radius 2 is 1.70 bits per heavy atom. The first-order chi connectivity index (χ1) is 12.9. The zero-order chi connectivity index (χ0) is 19.4. The molecule has 27 heavy (non-hydrogen) atoms. The van der Waals surface area contributed by atoms with Crippen molar-refractivity contribution in [3.8, 4) is 0 Å². The molecule has 0 spiro atoms. The molecule has 1 aliphatic heterocycles. The highest BCUT2D eigenvalue weighted by Crippen LogP contribution is 2.26. The first-order valence-electron chi connectivity index (χ1n) is 9.10. The Balaban J connectivity index is 1.74. The summed E-state index contributed by atoms with van der Waals surface area (Å²) in [6.07, 6.45) is 2.16. The minimum absolute atomic E-state index is 0.0105. The van der Waals surface area contributed by atoms with Crippen molar-refractivity contribution >= 4 is 21.9 Å². The van der Waals surface area contributed by atoms with Crippen molar-refractivity contribution in [2.75, 3.05) is 26.3 Å². The Labute approximate surface area is 158 Å². The second kappa shape index (κ2) is 8.37. The molecule has 0 unspecified atom stereocenters. The zero-order valence-electron chi connectivity index (χ0n) is 15.0. The summed E-state index contributed by atoms with van der Waals surface area (Å²) < 4.78 is 32.4. The predicted molar refractivity (Wildman–Crippen MR) is 96.9 cm³/mol. The van der Waals surface area contributed by atoms with E-state index in [-0.39, 0.29) is 35.5 Å². The number of hydrogen-bond acceptors (Lipinski definition) is 5. The number of ether oxygens (including phenoxy) is 1. The van der Waals surface area contributed by atoms with Crippen LogP contribution >= 0.6 is 0 Å². The number of carboxylic acid groups (broad SMARTS) is 1. The average Bonchev–Trinajstić information content (AvgIpc) is 2.69. The van der Waals surface area contributed by atoms with Crippen LogP contribution in [0.3, 0.4) is 0 Å². The van der Waals surface area contributed by atoms with Gasteiger partial charge in [0.15, 0.2) is 0 Å². The molecule has 2 fully saturated rings. The number of carbonyl (C=O) groups is 2. The van der Waals surface area contributed by atoms with Gasteiger partial charge in [0.05, 0.1) is 29.6 Å². The molecular formula is C18H24N2O6S. The van der Waals surface area contributed by atoms with E-state index in [9.17, 15) is 18.0 Å². The Morgan fingerprint density at radius 3 is 2.33 bits per heavy atom. The molecule has 0 aromatic heterocycles. The van der Waals surface area contributed by atoms with Gasteiger partial charge >= 0.3 is 5.97 Å². The van der Waals surface area contributed by atoms with Crippen LogP contribution in [0, 0.1) is 5.92 Å². The lowest BCUT2D eigenvalue weighted by Gasteiger charge is -2.28. The molecule has 9 heteroatoms. The molecule has 1 heterocycles. The summed E-state index contributed by atoms with van der Waals surface area (Å²) in [4.78, 5) is 23.8. The molecule has 148 valence electrons. The Kier molecular flexibility index (Phi) is 6.13. The van der Waals surface area contributed by atoms with Crippen LogP contribution in [0.4, 0.5) is 0 Å². The zero-order valence-corrected chi connectivity index (χ0v) is 15.8. The van der Waals surface area contributed by atoms with E-state index in [4.69, 9.17) is 9.84 Å². The standard InChI is InChI=1S/C18H24N2O6S/c21-17(19-14-7-5-13(6-8-14)18(22)23)15-3-1-2-4-16(15)27(24,25)20-9-11-26-12-10-20/h1-4,13-14H,5-12H2,(H,19,21)(H,22,23). The van der Waals surface area contributed by atoms with Crippen molar-refractivity contribution < 1.29 is 27.9 Å². The monoisotopic (exact) mass is 396 g/mol. The normalized spacial score (nSPS) is 24.3. The fourth-order valence-corrected chi connectivity index (χ4v) is 5.15. The van der Waals surface area contributed by atoms with Crippen LogP contribution in [-0.2, 0) is 19.6 Å². The minimum Gasteiger partial charge on any atom is -0.481 e. The summed E-state index contributed by atoms with van der Waals surface area (Å²) in [6.45, 7) is 1.19. The highest BCUT2D eigenvalue weighted by molar-refractivity contribution is 7.89. The van der Waals surface area contributed by atoms with Gasteiger partial charge in [-0.2, -0.15) is 4.31 Å². The SMILES string of the molecule is O=C(NC1CCC(C(=O)O)CC1)c1ccccc1S(=O)(=O)N1CCOCC1. The molecule has 1 saturated heterocycles. The first-order valence-corrected chi connectivity index (χ1v) is 10.5. The molecule has 2 N–H and O–H groups in total. The van der Waals surface area contributed by atoms with Gasteiger partial charge in [0.2, 0.25) is 10.0 Å². The number of amides is 1. The Bertz CT molecular complexity index is 796. The quantitative estimate of drug-likeness (QED) is 0.770. The van der Waals surface area contributed by atoms with Crippen LogP contribution in [0.1, 0.15) is 36.0 Å². The highest BCUT2D eigenvalue weighted by atomic mass is 32.2. The number of benzene rings is 1. The van der Waals surface area contributed by atoms with E-state index < -0.39 is 21.9 Å². The maximum atomic E-state index is 12.9. The number of aliphatic carboxylic acids is 1. The number of rotatable bonds is 5. The third kappa shape index (κ3) is 4.48. The molecule has 1 aromatic rings. The van der Waals surface area contributed by atoms with Gasteiger partial charge in [0, 0.05) is 19.1 Å². The molecule has 1 aliphatic carbocycles. The van der Waals surface area contributed by atoms with E-state index in [1.54, 1.807) is 12.1 Å². The lowest BCUT2D eigenvalue weighted by molar-refractivity contribution is -0.142. The number of morpholine rings is 1. The maximum absolute atomic E-state index is 12.9. The number of carboxylic acids is 1. The van der Waals surface area contributed by atoms with Gasteiger partial charge in [0.1, 0.15) is 0 Å². The first kappa shape index (κ1) is 19.8. The molecular weight excluding hydrogens is 372 g/mol. The molecule has 2 aliphatic rings. The van der Waals surface area contributed by atoms with Crippen LogP contribution in [-0.4, -0.2) is 62.1 Å². The molecule has 3 rings (SSSR count). The van der Waals surface area contributed by atoms with Gasteiger partial charge in [-0.15, -0.1) is 0 Å². The number of sulfonamides is 1. The smallest absolute Gasteiger partial charge is 0.306 e. The molecule has 0 bridgehead atoms. The Hall–Kier alpha value is -1.97. The molecule has 0 radical (unpaired) electrons. The lowest BCUT2D eigenvalue weighted by atomic mass is 9.86. The van der Waals surface area contributed by atoms with Crippen molar-refractivity contribution in [2.24, 2.45) is 5.92 Å². The van der Waals surface area contributed by atoms with E-state index in [1.165, 1.54) is 16.4 Å². The third-order valence-corrected chi connectivity index (χ3v) is 7.09. The molecule has 1 amide bonds. The summed E-state index contributed by atoms with van der Waals surface area (Å²) in [5, 5.41) is 11.9. The largest absolute Gasteiger partial charge is 0.481 e. The fourth-order valence-electron chi connectivity index (χ4n) is 3.55. The van der Waals surface area contributed by atoms with E-state index in [1.807, 2.05) is 0 Å². The van der Waals surface area contributed by atoms with Gasteiger partial charge in [-0.25, -0.2) is 8.42 Å². The fraction of sp³-hybridized carbons (Fsp3) is 0.556. The van der Waals surface area contributed by atoms with Crippen LogP contribution in [0.5, 0.6) is 0 Å². The van der Waals surface area contributed by atoms with Crippen LogP contribution in [0.25, 0.3) is 0 Å². The second-order valence-electron chi connectivity index (χ2n) is 6.87. The van der Waals surface area contributed by atoms with Crippen molar-refractivity contribution in [3.63, 3.8) is 0 Å². The van der Waals surface area contributed by atoms with E-state index in [2.05, 4.69) is 5.32 Å². The summed E-state index contributed by atoms with van der Waals surface area (Å²) in [6, 6.07) is 6.04. The van der Waals surface area contributed by atoms with Crippen LogP contribution in [0.15, 0.2) is 29.2 Å². The summed E-state index contributed by atoms with van der Waals surface area (Å²) in [7, 11) is -3.78. The highest BCUT2D eigenvalue weighted by Gasteiger charge is 2.31. The van der Waals surface area contributed by atoms with Gasteiger partial charge in [-0.3, -0.25) is 9.59 Å². The summed E-state index contributed by atoms with van der Waals surface area (Å²) in [5.74, 6) is -1.62. The average molecular weight is 396 g/mol. The van der Waals surface area contributed by atoms with Crippen LogP contribution in [0.2, 0.25) is 0 Å². The topological polar surface area (TPSA) is 113 Å². The lowest BCUT2D eigenvalue weighted by Crippen LogP contribution is -2.42. The summed E-state index contributed by atoms with van der Waals surface area (Å²) in [5.41, 5.74) is 0.115. The summed E-state index contributed by atoms with van der Waals surface area (Å²) >= 11 is 0. The van der Waals surface area contributed by atoms with Crippen molar-refractivity contribution in [1.82, 2.24) is 9.62 Å². The molecule has 0 atom stereocenters. The van der Waals surface area contributed by atoms with Gasteiger partial charge in [0.25, 0.3) is 5.91 Å². The Morgan fingerprint density at radius 1 is 1.07 bits per heavy atom.